The minimum Gasteiger partial charge on any atom is -0.507 e. The summed E-state index contributed by atoms with van der Waals surface area (Å²) in [5, 5.41) is 32.1. The number of rotatable bonds is 12. The van der Waals surface area contributed by atoms with Crippen molar-refractivity contribution in [1.82, 2.24) is 0 Å². The van der Waals surface area contributed by atoms with Crippen molar-refractivity contribution in [3.63, 3.8) is 0 Å². The molecule has 0 aromatic heterocycles. The Balaban J connectivity index is 1.88. The topological polar surface area (TPSA) is 224 Å². The van der Waals surface area contributed by atoms with Crippen molar-refractivity contribution in [2.45, 2.75) is 71.2 Å². The Bertz CT molecular complexity index is 1430. The van der Waals surface area contributed by atoms with E-state index < -0.39 is 89.0 Å². The molecule has 1 aliphatic heterocycles. The van der Waals surface area contributed by atoms with Crippen LogP contribution in [0.3, 0.4) is 0 Å². The van der Waals surface area contributed by atoms with Gasteiger partial charge in [-0.3, -0.25) is 34.1 Å². The number of Topliss-reactive ketones (excluding diaryl/α,β-unsaturated/α-hetero) is 1. The van der Waals surface area contributed by atoms with Gasteiger partial charge in [0.1, 0.15) is 35.5 Å². The van der Waals surface area contributed by atoms with Crippen LogP contribution < -0.4 is 4.74 Å². The van der Waals surface area contributed by atoms with Gasteiger partial charge in [0.2, 0.25) is 12.4 Å². The van der Waals surface area contributed by atoms with Gasteiger partial charge in [0.05, 0.1) is 4.92 Å². The van der Waals surface area contributed by atoms with Crippen LogP contribution in [0, 0.1) is 10.1 Å². The van der Waals surface area contributed by atoms with Crippen molar-refractivity contribution in [1.29, 1.82) is 0 Å². The zero-order valence-corrected chi connectivity index (χ0v) is 24.6. The quantitative estimate of drug-likeness (QED) is 0.112. The van der Waals surface area contributed by atoms with Crippen molar-refractivity contribution >= 4 is 35.3 Å². The predicted molar refractivity (Wildman–Crippen MR) is 148 cm³/mol. The molecular weight excluding hydrogens is 602 g/mol. The molecule has 3 rings (SSSR count). The summed E-state index contributed by atoms with van der Waals surface area (Å²) in [7, 11) is 0. The molecule has 2 aromatic rings. The lowest BCUT2D eigenvalue weighted by atomic mass is 9.98. The van der Waals surface area contributed by atoms with Gasteiger partial charge in [-0.25, -0.2) is 0 Å². The second-order valence-corrected chi connectivity index (χ2v) is 9.87. The predicted octanol–water partition coefficient (Wildman–Crippen LogP) is 2.28. The number of phenolic OH excluding ortho intramolecular Hbond substituents is 2. The Hall–Kier alpha value is -5.25. The first-order valence-electron chi connectivity index (χ1n) is 13.5. The maximum absolute atomic E-state index is 12.9. The van der Waals surface area contributed by atoms with Gasteiger partial charge in [-0.1, -0.05) is 12.1 Å². The van der Waals surface area contributed by atoms with Gasteiger partial charge in [0.25, 0.3) is 5.69 Å². The summed E-state index contributed by atoms with van der Waals surface area (Å²) in [6, 6.07) is 7.49. The Kier molecular flexibility index (Phi) is 11.4. The third-order valence-electron chi connectivity index (χ3n) is 6.34. The highest BCUT2D eigenvalue weighted by atomic mass is 16.7. The fourth-order valence-corrected chi connectivity index (χ4v) is 4.53. The number of ketones is 1. The molecule has 0 saturated carbocycles. The van der Waals surface area contributed by atoms with Crippen LogP contribution in [0.25, 0.3) is 0 Å². The highest BCUT2D eigenvalue weighted by Gasteiger charge is 2.53. The van der Waals surface area contributed by atoms with Gasteiger partial charge in [0.15, 0.2) is 18.0 Å². The average molecular weight is 634 g/mol. The lowest BCUT2D eigenvalue weighted by molar-refractivity contribution is -0.384. The Morgan fingerprint density at radius 2 is 1.36 bits per heavy atom. The van der Waals surface area contributed by atoms with Crippen molar-refractivity contribution < 1.29 is 67.5 Å². The number of benzene rings is 2. The highest BCUT2D eigenvalue weighted by Crippen LogP contribution is 2.37. The Morgan fingerprint density at radius 1 is 0.822 bits per heavy atom. The number of hydrogen-bond acceptors (Lipinski definition) is 15. The highest BCUT2D eigenvalue weighted by molar-refractivity contribution is 6.01. The Labute approximate surface area is 255 Å². The maximum atomic E-state index is 12.9. The number of non-ortho nitro benzene ring substituents is 1. The third-order valence-corrected chi connectivity index (χ3v) is 6.34. The molecule has 0 spiro atoms. The first-order valence-corrected chi connectivity index (χ1v) is 13.5. The molecule has 45 heavy (non-hydrogen) atoms. The molecule has 1 fully saturated rings. The van der Waals surface area contributed by atoms with E-state index in [1.165, 1.54) is 24.3 Å². The molecular formula is C29H31NO15. The van der Waals surface area contributed by atoms with E-state index in [0.29, 0.717) is 5.56 Å². The maximum Gasteiger partial charge on any atom is 0.303 e. The number of nitro benzene ring substituents is 1. The largest absolute Gasteiger partial charge is 0.507 e. The number of nitrogens with zero attached hydrogens (tertiary/aromatic N) is 1. The van der Waals surface area contributed by atoms with Crippen LogP contribution >= 0.6 is 0 Å². The molecule has 0 amide bonds. The number of aryl methyl sites for hydroxylation is 1. The van der Waals surface area contributed by atoms with E-state index in [1.807, 2.05) is 0 Å². The summed E-state index contributed by atoms with van der Waals surface area (Å²) in [6.45, 7) is 3.77. The van der Waals surface area contributed by atoms with E-state index in [9.17, 15) is 44.3 Å². The van der Waals surface area contributed by atoms with Crippen LogP contribution in [0.4, 0.5) is 5.69 Å². The third kappa shape index (κ3) is 9.37. The summed E-state index contributed by atoms with van der Waals surface area (Å²) < 4.78 is 32.5. The van der Waals surface area contributed by atoms with Gasteiger partial charge in [-0.05, 0) is 12.0 Å². The number of carbonyl (C=O) groups excluding carboxylic acids is 5. The van der Waals surface area contributed by atoms with Crippen molar-refractivity contribution in [2.24, 2.45) is 0 Å². The number of hydrogen-bond donors (Lipinski definition) is 2. The lowest BCUT2D eigenvalue weighted by Gasteiger charge is -2.43. The summed E-state index contributed by atoms with van der Waals surface area (Å²) in [5.41, 5.74) is 0.0648. The van der Waals surface area contributed by atoms with E-state index in [4.69, 9.17) is 28.4 Å². The first kappa shape index (κ1) is 34.2. The molecule has 242 valence electrons. The number of carbonyl (C=O) groups is 5. The van der Waals surface area contributed by atoms with E-state index in [2.05, 4.69) is 0 Å². The molecule has 0 unspecified atom stereocenters. The second-order valence-electron chi connectivity index (χ2n) is 9.87. The SMILES string of the molecule is CC(=O)OC[C@H]1O[C@@H](Oc2cc(O)c(C(=O)CCc3ccc([N+](=O)[O-])cc3)c(O)c2)[C@H](OC(C)=O)[C@@H](OC(C)=O)[C@@H]1OC(C)=O. The molecule has 2 N–H and O–H groups in total. The van der Waals surface area contributed by atoms with Crippen molar-refractivity contribution in [2.75, 3.05) is 6.61 Å². The normalized spacial score (nSPS) is 20.8. The summed E-state index contributed by atoms with van der Waals surface area (Å²) in [5.74, 6) is -5.54. The van der Waals surface area contributed by atoms with Gasteiger partial charge < -0.3 is 38.6 Å². The number of esters is 4. The number of phenols is 2. The van der Waals surface area contributed by atoms with Crippen LogP contribution in [0.1, 0.15) is 50.0 Å². The van der Waals surface area contributed by atoms with E-state index in [1.54, 1.807) is 0 Å². The fraction of sp³-hybridized carbons (Fsp3) is 0.414. The minimum absolute atomic E-state index is 0.118. The molecule has 16 nitrogen and oxygen atoms in total. The fourth-order valence-electron chi connectivity index (χ4n) is 4.53. The summed E-state index contributed by atoms with van der Waals surface area (Å²) >= 11 is 0. The smallest absolute Gasteiger partial charge is 0.303 e. The van der Waals surface area contributed by atoms with E-state index in [0.717, 1.165) is 39.8 Å². The molecule has 1 aliphatic rings. The monoisotopic (exact) mass is 633 g/mol. The Morgan fingerprint density at radius 3 is 1.87 bits per heavy atom. The van der Waals surface area contributed by atoms with Crippen LogP contribution in [0.5, 0.6) is 17.2 Å². The zero-order valence-electron chi connectivity index (χ0n) is 24.6. The molecule has 16 heteroatoms. The average Bonchev–Trinajstić information content (AvgIpc) is 2.93. The standard InChI is InChI=1S/C29H31NO15/c1-14(31)40-13-24-26(41-15(2)32)27(42-16(3)33)28(43-17(4)34)29(45-24)44-20-11-22(36)25(23(37)12-20)21(35)10-7-18-5-8-19(9-6-18)30(38)39/h5-6,8-9,11-12,24,26-29,36-37H,7,10,13H2,1-4H3/t24-,26-,27+,28-,29-/m1/s1. The lowest BCUT2D eigenvalue weighted by Crippen LogP contribution is -2.63. The van der Waals surface area contributed by atoms with Gasteiger partial charge in [-0.2, -0.15) is 0 Å². The minimum atomic E-state index is -1.65. The van der Waals surface area contributed by atoms with E-state index >= 15 is 0 Å². The van der Waals surface area contributed by atoms with E-state index in [-0.39, 0.29) is 24.3 Å². The molecule has 0 bridgehead atoms. The molecule has 0 aliphatic carbocycles. The second kappa shape index (κ2) is 15.0. The van der Waals surface area contributed by atoms with Gasteiger partial charge in [-0.15, -0.1) is 0 Å². The number of ether oxygens (including phenoxy) is 6. The number of nitro groups is 1. The van der Waals surface area contributed by atoms with Gasteiger partial charge >= 0.3 is 23.9 Å². The van der Waals surface area contributed by atoms with Crippen LogP contribution in [0.15, 0.2) is 36.4 Å². The molecule has 5 atom stereocenters. The molecule has 1 saturated heterocycles. The molecule has 1 heterocycles. The number of aromatic hydroxyl groups is 2. The summed E-state index contributed by atoms with van der Waals surface area (Å²) in [6.07, 6.45) is -7.48. The zero-order chi connectivity index (χ0) is 33.4. The molecule has 2 aromatic carbocycles. The van der Waals surface area contributed by atoms with Crippen LogP contribution in [0.2, 0.25) is 0 Å². The van der Waals surface area contributed by atoms with Crippen LogP contribution in [-0.4, -0.2) is 82.1 Å². The van der Waals surface area contributed by atoms with Crippen molar-refractivity contribution in [3.05, 3.63) is 57.6 Å². The van der Waals surface area contributed by atoms with Crippen molar-refractivity contribution in [3.8, 4) is 17.2 Å². The van der Waals surface area contributed by atoms with Crippen LogP contribution in [-0.2, 0) is 49.3 Å². The van der Waals surface area contributed by atoms with Gasteiger partial charge in [0, 0.05) is 58.4 Å². The first-order chi connectivity index (χ1) is 21.2. The summed E-state index contributed by atoms with van der Waals surface area (Å²) in [4.78, 5) is 70.5. The molecule has 0 radical (unpaired) electrons.